The first-order valence-corrected chi connectivity index (χ1v) is 3.47. The van der Waals surface area contributed by atoms with E-state index >= 15 is 0 Å². The summed E-state index contributed by atoms with van der Waals surface area (Å²) < 4.78 is 0. The molecule has 1 aliphatic heterocycles. The number of rotatable bonds is 1. The molecule has 48 valence electrons. The molecule has 0 bridgehead atoms. The number of piperidine rings is 1. The van der Waals surface area contributed by atoms with Crippen molar-refractivity contribution < 1.29 is 0 Å². The van der Waals surface area contributed by atoms with Gasteiger partial charge in [0.2, 0.25) is 0 Å². The van der Waals surface area contributed by atoms with Crippen molar-refractivity contribution in [3.63, 3.8) is 0 Å². The van der Waals surface area contributed by atoms with Crippen molar-refractivity contribution in [2.75, 3.05) is 13.1 Å². The fourth-order valence-corrected chi connectivity index (χ4v) is 1.18. The Bertz CT molecular complexity index is 55.4. The maximum atomic E-state index is 2.39. The van der Waals surface area contributed by atoms with Crippen molar-refractivity contribution in [2.24, 2.45) is 0 Å². The second-order valence-corrected chi connectivity index (χ2v) is 2.35. The quantitative estimate of drug-likeness (QED) is 0.466. The van der Waals surface area contributed by atoms with Crippen LogP contribution in [0.25, 0.3) is 0 Å². The SMILES string of the molecule is C[CH-]N1CCCCC1. The summed E-state index contributed by atoms with van der Waals surface area (Å²) >= 11 is 0. The van der Waals surface area contributed by atoms with Crippen molar-refractivity contribution in [3.05, 3.63) is 6.54 Å². The van der Waals surface area contributed by atoms with E-state index in [0.29, 0.717) is 0 Å². The van der Waals surface area contributed by atoms with Crippen LogP contribution in [-0.2, 0) is 0 Å². The lowest BCUT2D eigenvalue weighted by Gasteiger charge is -2.33. The van der Waals surface area contributed by atoms with Gasteiger partial charge in [0.1, 0.15) is 0 Å². The van der Waals surface area contributed by atoms with Crippen LogP contribution in [0.1, 0.15) is 26.2 Å². The van der Waals surface area contributed by atoms with E-state index in [-0.39, 0.29) is 0 Å². The second-order valence-electron chi connectivity index (χ2n) is 2.35. The molecular weight excluding hydrogens is 98.1 g/mol. The molecule has 1 fully saturated rings. The summed E-state index contributed by atoms with van der Waals surface area (Å²) in [5.41, 5.74) is 0. The topological polar surface area (TPSA) is 3.24 Å². The summed E-state index contributed by atoms with van der Waals surface area (Å²) in [7, 11) is 0. The van der Waals surface area contributed by atoms with Crippen LogP contribution in [0.3, 0.4) is 0 Å². The van der Waals surface area contributed by atoms with Gasteiger partial charge in [-0.2, -0.15) is 6.92 Å². The van der Waals surface area contributed by atoms with E-state index in [9.17, 15) is 0 Å². The number of hydrogen-bond acceptors (Lipinski definition) is 1. The average Bonchev–Trinajstić information content (AvgIpc) is 1.90. The lowest BCUT2D eigenvalue weighted by atomic mass is 10.1. The average molecular weight is 112 g/mol. The van der Waals surface area contributed by atoms with Gasteiger partial charge in [-0.3, -0.25) is 6.54 Å². The Morgan fingerprint density at radius 1 is 1.12 bits per heavy atom. The molecule has 0 amide bonds. The third-order valence-corrected chi connectivity index (χ3v) is 1.76. The fourth-order valence-electron chi connectivity index (χ4n) is 1.18. The minimum atomic E-state index is 1.29. The highest BCUT2D eigenvalue weighted by Gasteiger charge is 1.99. The van der Waals surface area contributed by atoms with Crippen molar-refractivity contribution in [2.45, 2.75) is 26.2 Å². The van der Waals surface area contributed by atoms with Gasteiger partial charge < -0.3 is 4.90 Å². The molecule has 1 aliphatic rings. The Hall–Kier alpha value is -0.0400. The highest BCUT2D eigenvalue weighted by molar-refractivity contribution is 4.67. The summed E-state index contributed by atoms with van der Waals surface area (Å²) in [4.78, 5) is 2.39. The van der Waals surface area contributed by atoms with Gasteiger partial charge in [-0.1, -0.05) is 6.42 Å². The van der Waals surface area contributed by atoms with Crippen LogP contribution in [0.5, 0.6) is 0 Å². The van der Waals surface area contributed by atoms with Gasteiger partial charge in [0.15, 0.2) is 0 Å². The van der Waals surface area contributed by atoms with Gasteiger partial charge in [-0.05, 0) is 25.9 Å². The molecule has 1 rings (SSSR count). The number of nitrogens with zero attached hydrogens (tertiary/aromatic N) is 1. The Morgan fingerprint density at radius 2 is 1.75 bits per heavy atom. The van der Waals surface area contributed by atoms with Crippen LogP contribution >= 0.6 is 0 Å². The van der Waals surface area contributed by atoms with Gasteiger partial charge >= 0.3 is 0 Å². The molecule has 1 saturated heterocycles. The summed E-state index contributed by atoms with van der Waals surface area (Å²) in [5.74, 6) is 0. The first-order valence-electron chi connectivity index (χ1n) is 3.47. The minimum Gasteiger partial charge on any atom is -0.457 e. The molecule has 0 spiro atoms. The zero-order valence-corrected chi connectivity index (χ0v) is 5.56. The molecule has 0 saturated carbocycles. The Balaban J connectivity index is 2.13. The zero-order chi connectivity index (χ0) is 5.82. The molecule has 8 heavy (non-hydrogen) atoms. The van der Waals surface area contributed by atoms with Crippen molar-refractivity contribution in [3.8, 4) is 0 Å². The monoisotopic (exact) mass is 112 g/mol. The first kappa shape index (κ1) is 6.09. The smallest absolute Gasteiger partial charge is 0.0302 e. The van der Waals surface area contributed by atoms with Gasteiger partial charge in [-0.25, -0.2) is 0 Å². The fraction of sp³-hybridized carbons (Fsp3) is 0.857. The summed E-state index contributed by atoms with van der Waals surface area (Å²) in [6.07, 6.45) is 4.22. The molecule has 1 nitrogen and oxygen atoms in total. The van der Waals surface area contributed by atoms with Crippen LogP contribution in [0.2, 0.25) is 0 Å². The molecule has 1 heteroatoms. The van der Waals surface area contributed by atoms with E-state index in [1.54, 1.807) is 0 Å². The molecule has 1 heterocycles. The molecule has 0 unspecified atom stereocenters. The standard InChI is InChI=1S/C7H14N/c1-2-8-6-4-3-5-7-8/h2H,3-7H2,1H3/q-1. The molecule has 0 aromatic carbocycles. The predicted molar refractivity (Wildman–Crippen MR) is 35.4 cm³/mol. The van der Waals surface area contributed by atoms with E-state index in [4.69, 9.17) is 0 Å². The molecule has 0 radical (unpaired) electrons. The van der Waals surface area contributed by atoms with E-state index in [1.807, 2.05) is 0 Å². The van der Waals surface area contributed by atoms with Crippen molar-refractivity contribution in [1.29, 1.82) is 0 Å². The van der Waals surface area contributed by atoms with Crippen LogP contribution < -0.4 is 0 Å². The third kappa shape index (κ3) is 1.48. The summed E-state index contributed by atoms with van der Waals surface area (Å²) in [5, 5.41) is 0. The predicted octanol–water partition coefficient (Wildman–Crippen LogP) is 1.65. The van der Waals surface area contributed by atoms with Gasteiger partial charge in [0.25, 0.3) is 0 Å². The second kappa shape index (κ2) is 3.08. The molecule has 0 aromatic heterocycles. The maximum Gasteiger partial charge on any atom is -0.0302 e. The summed E-state index contributed by atoms with van der Waals surface area (Å²) in [6, 6.07) is 0. The Morgan fingerprint density at radius 3 is 2.12 bits per heavy atom. The molecule has 0 atom stereocenters. The Labute approximate surface area is 51.7 Å². The highest BCUT2D eigenvalue weighted by atomic mass is 15.1. The first-order chi connectivity index (χ1) is 3.93. The van der Waals surface area contributed by atoms with Crippen molar-refractivity contribution >= 4 is 0 Å². The maximum absolute atomic E-state index is 2.39. The Kier molecular flexibility index (Phi) is 2.34. The normalized spacial score (nSPS) is 23.6. The largest absolute Gasteiger partial charge is 0.457 e. The van der Waals surface area contributed by atoms with Crippen LogP contribution in [0.4, 0.5) is 0 Å². The van der Waals surface area contributed by atoms with Crippen molar-refractivity contribution in [1.82, 2.24) is 4.90 Å². The number of hydrogen-bond donors (Lipinski definition) is 0. The zero-order valence-electron chi connectivity index (χ0n) is 5.56. The van der Waals surface area contributed by atoms with Gasteiger partial charge in [0.05, 0.1) is 0 Å². The van der Waals surface area contributed by atoms with Crippen LogP contribution in [0.15, 0.2) is 0 Å². The number of likely N-dealkylation sites (tertiary alicyclic amines) is 1. The minimum absolute atomic E-state index is 1.29. The molecular formula is C7H14N-. The lowest BCUT2D eigenvalue weighted by molar-refractivity contribution is 0.280. The molecule has 0 aromatic rings. The van der Waals surface area contributed by atoms with Crippen LogP contribution in [0, 0.1) is 6.54 Å². The molecule has 0 aliphatic carbocycles. The van der Waals surface area contributed by atoms with E-state index in [2.05, 4.69) is 18.4 Å². The van der Waals surface area contributed by atoms with E-state index < -0.39 is 0 Å². The molecule has 0 N–H and O–H groups in total. The third-order valence-electron chi connectivity index (χ3n) is 1.76. The highest BCUT2D eigenvalue weighted by Crippen LogP contribution is 2.08. The van der Waals surface area contributed by atoms with Gasteiger partial charge in [0, 0.05) is 0 Å². The van der Waals surface area contributed by atoms with Gasteiger partial charge in [-0.15, -0.1) is 0 Å². The van der Waals surface area contributed by atoms with E-state index in [0.717, 1.165) is 0 Å². The summed E-state index contributed by atoms with van der Waals surface area (Å²) in [6.45, 7) is 6.89. The van der Waals surface area contributed by atoms with Crippen LogP contribution in [-0.4, -0.2) is 18.0 Å². The lowest BCUT2D eigenvalue weighted by Crippen LogP contribution is -2.25. The van der Waals surface area contributed by atoms with E-state index in [1.165, 1.54) is 32.4 Å².